The van der Waals surface area contributed by atoms with Crippen molar-refractivity contribution in [3.05, 3.63) is 64.0 Å². The van der Waals surface area contributed by atoms with Crippen LogP contribution < -0.4 is 10.6 Å². The number of amides is 1. The van der Waals surface area contributed by atoms with Crippen LogP contribution in [0, 0.1) is 21.8 Å². The second-order valence-electron chi connectivity index (χ2n) is 8.13. The van der Waals surface area contributed by atoms with E-state index in [0.717, 1.165) is 37.3 Å². The number of nitro benzene ring substituents is 1. The molecule has 3 rings (SSSR count). The van der Waals surface area contributed by atoms with E-state index in [4.69, 9.17) is 0 Å². The summed E-state index contributed by atoms with van der Waals surface area (Å²) in [5.41, 5.74) is 0.703. The zero-order valence-corrected chi connectivity index (χ0v) is 19.1. The first-order valence-electron chi connectivity index (χ1n) is 10.6. The molecular weight excluding hydrogens is 451 g/mol. The predicted octanol–water partition coefficient (Wildman–Crippen LogP) is 2.58. The first kappa shape index (κ1) is 24.6. The number of likely N-dealkylation sites (tertiary alicyclic amines) is 1. The highest BCUT2D eigenvalue weighted by molar-refractivity contribution is 7.90. The van der Waals surface area contributed by atoms with Gasteiger partial charge >= 0.3 is 0 Å². The number of hydrogen-bond donors (Lipinski definition) is 2. The van der Waals surface area contributed by atoms with Crippen molar-refractivity contribution in [3.63, 3.8) is 0 Å². The van der Waals surface area contributed by atoms with Gasteiger partial charge in [-0.25, -0.2) is 12.8 Å². The lowest BCUT2D eigenvalue weighted by Crippen LogP contribution is -2.43. The quantitative estimate of drug-likeness (QED) is 0.323. The van der Waals surface area contributed by atoms with Crippen LogP contribution in [0.1, 0.15) is 18.4 Å². The summed E-state index contributed by atoms with van der Waals surface area (Å²) in [6, 6.07) is 10.1. The van der Waals surface area contributed by atoms with E-state index in [1.165, 1.54) is 24.3 Å². The van der Waals surface area contributed by atoms with E-state index in [0.29, 0.717) is 13.1 Å². The molecule has 1 fully saturated rings. The van der Waals surface area contributed by atoms with Gasteiger partial charge in [0.1, 0.15) is 11.5 Å². The molecule has 1 aliphatic rings. The van der Waals surface area contributed by atoms with Crippen molar-refractivity contribution in [2.75, 3.05) is 37.8 Å². The van der Waals surface area contributed by atoms with Gasteiger partial charge < -0.3 is 10.6 Å². The van der Waals surface area contributed by atoms with Crippen LogP contribution in [-0.4, -0.2) is 56.6 Å². The minimum absolute atomic E-state index is 0.0948. The summed E-state index contributed by atoms with van der Waals surface area (Å²) in [5.74, 6) is -0.559. The summed E-state index contributed by atoms with van der Waals surface area (Å²) < 4.78 is 36.7. The fourth-order valence-electron chi connectivity index (χ4n) is 3.88. The van der Waals surface area contributed by atoms with Gasteiger partial charge in [-0.05, 0) is 49.2 Å². The Labute approximate surface area is 192 Å². The van der Waals surface area contributed by atoms with Crippen LogP contribution in [0.4, 0.5) is 15.8 Å². The first-order chi connectivity index (χ1) is 15.6. The molecule has 0 saturated carbocycles. The van der Waals surface area contributed by atoms with Crippen molar-refractivity contribution in [2.24, 2.45) is 5.92 Å². The average molecular weight is 479 g/mol. The van der Waals surface area contributed by atoms with Crippen molar-refractivity contribution in [3.8, 4) is 0 Å². The lowest BCUT2D eigenvalue weighted by atomic mass is 9.96. The van der Waals surface area contributed by atoms with Gasteiger partial charge in [-0.3, -0.25) is 19.8 Å². The van der Waals surface area contributed by atoms with E-state index in [-0.39, 0.29) is 47.0 Å². The molecule has 0 bridgehead atoms. The van der Waals surface area contributed by atoms with Crippen LogP contribution in [0.25, 0.3) is 0 Å². The van der Waals surface area contributed by atoms with Crippen molar-refractivity contribution in [1.29, 1.82) is 0 Å². The molecule has 0 aliphatic carbocycles. The Balaban J connectivity index is 1.49. The van der Waals surface area contributed by atoms with Gasteiger partial charge in [-0.1, -0.05) is 12.1 Å². The molecule has 2 aromatic rings. The number of benzene rings is 2. The fraction of sp³-hybridized carbons (Fsp3) is 0.409. The molecule has 0 spiro atoms. The Morgan fingerprint density at radius 3 is 2.73 bits per heavy atom. The summed E-state index contributed by atoms with van der Waals surface area (Å²) in [4.78, 5) is 25.2. The predicted molar refractivity (Wildman–Crippen MR) is 122 cm³/mol. The topological polar surface area (TPSA) is 122 Å². The molecule has 178 valence electrons. The molecule has 1 aliphatic heterocycles. The number of rotatable bonds is 9. The van der Waals surface area contributed by atoms with E-state index in [1.54, 1.807) is 6.07 Å². The summed E-state index contributed by atoms with van der Waals surface area (Å²) in [5, 5.41) is 17.0. The number of nitro groups is 1. The standard InChI is InChI=1S/C22H27FN4O5S/c1-33(31,32)19-7-8-20(21(13-19)27(29)30)24-9-10-25-22(28)17-5-3-11-26(15-17)14-16-4-2-6-18(23)12-16/h2,4,6-8,12-13,17,24H,3,5,9-11,14-15H2,1H3,(H,25,28). The number of carbonyl (C=O) groups is 1. The van der Waals surface area contributed by atoms with E-state index in [9.17, 15) is 27.7 Å². The highest BCUT2D eigenvalue weighted by Gasteiger charge is 2.25. The minimum atomic E-state index is -3.56. The summed E-state index contributed by atoms with van der Waals surface area (Å²) >= 11 is 0. The molecule has 1 amide bonds. The highest BCUT2D eigenvalue weighted by atomic mass is 32.2. The first-order valence-corrected chi connectivity index (χ1v) is 12.5. The number of hydrogen-bond acceptors (Lipinski definition) is 7. The third kappa shape index (κ3) is 6.96. The van der Waals surface area contributed by atoms with E-state index < -0.39 is 14.8 Å². The molecule has 0 radical (unpaired) electrons. The second-order valence-corrected chi connectivity index (χ2v) is 10.1. The van der Waals surface area contributed by atoms with Crippen LogP contribution in [0.5, 0.6) is 0 Å². The maximum Gasteiger partial charge on any atom is 0.293 e. The molecule has 1 unspecified atom stereocenters. The second kappa shape index (κ2) is 10.7. The number of nitrogens with one attached hydrogen (secondary N) is 2. The highest BCUT2D eigenvalue weighted by Crippen LogP contribution is 2.27. The lowest BCUT2D eigenvalue weighted by molar-refractivity contribution is -0.384. The minimum Gasteiger partial charge on any atom is -0.378 e. The monoisotopic (exact) mass is 478 g/mol. The van der Waals surface area contributed by atoms with Gasteiger partial charge in [-0.2, -0.15) is 0 Å². The van der Waals surface area contributed by atoms with Crippen molar-refractivity contribution < 1.29 is 22.5 Å². The Kier molecular flexibility index (Phi) is 7.98. The number of piperidine rings is 1. The van der Waals surface area contributed by atoms with Crippen LogP contribution in [-0.2, 0) is 21.2 Å². The van der Waals surface area contributed by atoms with Gasteiger partial charge in [-0.15, -0.1) is 0 Å². The van der Waals surface area contributed by atoms with Gasteiger partial charge in [0.2, 0.25) is 5.91 Å². The van der Waals surface area contributed by atoms with E-state index >= 15 is 0 Å². The number of nitrogens with zero attached hydrogens (tertiary/aromatic N) is 2. The molecule has 0 aromatic heterocycles. The summed E-state index contributed by atoms with van der Waals surface area (Å²) in [7, 11) is -3.56. The van der Waals surface area contributed by atoms with Gasteiger partial charge in [0.15, 0.2) is 9.84 Å². The normalized spacial score (nSPS) is 16.8. The molecule has 11 heteroatoms. The molecule has 9 nitrogen and oxygen atoms in total. The van der Waals surface area contributed by atoms with E-state index in [1.807, 2.05) is 6.07 Å². The molecule has 2 aromatic carbocycles. The SMILES string of the molecule is CS(=O)(=O)c1ccc(NCCNC(=O)C2CCCN(Cc3cccc(F)c3)C2)c([N+](=O)[O-])c1. The largest absolute Gasteiger partial charge is 0.378 e. The molecule has 1 heterocycles. The Hall–Kier alpha value is -3.05. The number of sulfone groups is 1. The number of anilines is 1. The Morgan fingerprint density at radius 1 is 1.24 bits per heavy atom. The van der Waals surface area contributed by atoms with Gasteiger partial charge in [0.05, 0.1) is 15.7 Å². The lowest BCUT2D eigenvalue weighted by Gasteiger charge is -2.32. The van der Waals surface area contributed by atoms with E-state index in [2.05, 4.69) is 15.5 Å². The summed E-state index contributed by atoms with van der Waals surface area (Å²) in [6.07, 6.45) is 2.61. The zero-order valence-electron chi connectivity index (χ0n) is 18.3. The molecule has 1 atom stereocenters. The number of carbonyl (C=O) groups excluding carboxylic acids is 1. The van der Waals surface area contributed by atoms with Crippen LogP contribution in [0.2, 0.25) is 0 Å². The Bertz CT molecular complexity index is 1130. The van der Waals surface area contributed by atoms with Crippen molar-refractivity contribution in [1.82, 2.24) is 10.2 Å². The summed E-state index contributed by atoms with van der Waals surface area (Å²) in [6.45, 7) is 2.49. The zero-order chi connectivity index (χ0) is 24.0. The van der Waals surface area contributed by atoms with Gasteiger partial charge in [0, 0.05) is 38.5 Å². The van der Waals surface area contributed by atoms with Crippen LogP contribution in [0.3, 0.4) is 0 Å². The van der Waals surface area contributed by atoms with Gasteiger partial charge in [0.25, 0.3) is 5.69 Å². The maximum atomic E-state index is 13.4. The fourth-order valence-corrected chi connectivity index (χ4v) is 4.52. The average Bonchev–Trinajstić information content (AvgIpc) is 2.76. The smallest absolute Gasteiger partial charge is 0.293 e. The Morgan fingerprint density at radius 2 is 2.03 bits per heavy atom. The molecular formula is C22H27FN4O5S. The third-order valence-corrected chi connectivity index (χ3v) is 6.62. The molecule has 2 N–H and O–H groups in total. The van der Waals surface area contributed by atoms with Crippen LogP contribution in [0.15, 0.2) is 47.4 Å². The molecule has 33 heavy (non-hydrogen) atoms. The third-order valence-electron chi connectivity index (χ3n) is 5.51. The van der Waals surface area contributed by atoms with Crippen molar-refractivity contribution >= 4 is 27.1 Å². The maximum absolute atomic E-state index is 13.4. The van der Waals surface area contributed by atoms with Crippen molar-refractivity contribution in [2.45, 2.75) is 24.3 Å². The molecule has 1 saturated heterocycles. The van der Waals surface area contributed by atoms with Crippen LogP contribution >= 0.6 is 0 Å². The number of halogens is 1.